The maximum atomic E-state index is 13.2. The molecule has 0 N–H and O–H groups in total. The fourth-order valence-corrected chi connectivity index (χ4v) is 3.17. The van der Waals surface area contributed by atoms with Crippen molar-refractivity contribution in [3.8, 4) is 5.75 Å². The van der Waals surface area contributed by atoms with Crippen LogP contribution >= 0.6 is 0 Å². The van der Waals surface area contributed by atoms with Crippen LogP contribution in [-0.4, -0.2) is 30.0 Å². The zero-order valence-electron chi connectivity index (χ0n) is 13.5. The SMILES string of the molecule is COc1c(C(F)(F)F)cc([N+](=O)[O-])c(N(C)C2CCCC2)c1[N+](=O)[O-]. The van der Waals surface area contributed by atoms with Gasteiger partial charge in [-0.25, -0.2) is 0 Å². The first kappa shape index (κ1) is 18.7. The van der Waals surface area contributed by atoms with E-state index in [1.165, 1.54) is 11.9 Å². The maximum Gasteiger partial charge on any atom is 0.420 e. The summed E-state index contributed by atoms with van der Waals surface area (Å²) in [5.41, 5.74) is -4.02. The normalized spacial score (nSPS) is 15.2. The minimum atomic E-state index is -5.04. The third-order valence-electron chi connectivity index (χ3n) is 4.32. The molecule has 1 aromatic carbocycles. The van der Waals surface area contributed by atoms with Gasteiger partial charge in [0.25, 0.3) is 0 Å². The first-order valence-electron chi connectivity index (χ1n) is 7.43. The molecule has 2 rings (SSSR count). The van der Waals surface area contributed by atoms with Crippen molar-refractivity contribution in [2.24, 2.45) is 0 Å². The van der Waals surface area contributed by atoms with Gasteiger partial charge in [-0.2, -0.15) is 13.2 Å². The summed E-state index contributed by atoms with van der Waals surface area (Å²) in [6.07, 6.45) is -2.06. The van der Waals surface area contributed by atoms with Crippen molar-refractivity contribution < 1.29 is 27.8 Å². The molecule has 0 saturated heterocycles. The smallest absolute Gasteiger partial charge is 0.420 e. The van der Waals surface area contributed by atoms with Crippen molar-refractivity contribution >= 4 is 17.1 Å². The van der Waals surface area contributed by atoms with E-state index in [4.69, 9.17) is 0 Å². The molecule has 0 aliphatic heterocycles. The Balaban J connectivity index is 2.83. The molecule has 1 aliphatic carbocycles. The molecule has 0 amide bonds. The van der Waals surface area contributed by atoms with Gasteiger partial charge in [0.05, 0.1) is 17.0 Å². The lowest BCUT2D eigenvalue weighted by atomic mass is 10.1. The van der Waals surface area contributed by atoms with Gasteiger partial charge in [0.2, 0.25) is 5.75 Å². The van der Waals surface area contributed by atoms with Crippen molar-refractivity contribution in [3.63, 3.8) is 0 Å². The Morgan fingerprint density at radius 3 is 2.16 bits per heavy atom. The van der Waals surface area contributed by atoms with Gasteiger partial charge in [0, 0.05) is 19.2 Å². The van der Waals surface area contributed by atoms with E-state index in [9.17, 15) is 33.4 Å². The first-order valence-corrected chi connectivity index (χ1v) is 7.43. The summed E-state index contributed by atoms with van der Waals surface area (Å²) >= 11 is 0. The summed E-state index contributed by atoms with van der Waals surface area (Å²) in [6.45, 7) is 0. The molecule has 0 atom stereocenters. The molecule has 1 aliphatic rings. The van der Waals surface area contributed by atoms with Crippen LogP contribution in [0.1, 0.15) is 31.2 Å². The van der Waals surface area contributed by atoms with Gasteiger partial charge < -0.3 is 9.64 Å². The molecular weight excluding hydrogens is 347 g/mol. The number of rotatable bonds is 5. The number of halogens is 3. The molecule has 138 valence electrons. The highest BCUT2D eigenvalue weighted by molar-refractivity contribution is 5.82. The Bertz CT molecular complexity index is 702. The lowest BCUT2D eigenvalue weighted by molar-refractivity contribution is -0.393. The number of anilines is 1. The number of hydrogen-bond acceptors (Lipinski definition) is 6. The van der Waals surface area contributed by atoms with E-state index in [0.29, 0.717) is 18.9 Å². The lowest BCUT2D eigenvalue weighted by Crippen LogP contribution is -2.30. The van der Waals surface area contributed by atoms with Crippen molar-refractivity contribution in [2.45, 2.75) is 37.9 Å². The monoisotopic (exact) mass is 363 g/mol. The van der Waals surface area contributed by atoms with Crippen LogP contribution in [0.2, 0.25) is 0 Å². The zero-order valence-corrected chi connectivity index (χ0v) is 13.5. The van der Waals surface area contributed by atoms with Crippen LogP contribution < -0.4 is 9.64 Å². The van der Waals surface area contributed by atoms with E-state index < -0.39 is 44.4 Å². The van der Waals surface area contributed by atoms with Crippen LogP contribution in [0.5, 0.6) is 5.75 Å². The van der Waals surface area contributed by atoms with Crippen molar-refractivity contribution in [3.05, 3.63) is 31.9 Å². The van der Waals surface area contributed by atoms with Crippen LogP contribution in [0.3, 0.4) is 0 Å². The summed E-state index contributed by atoms with van der Waals surface area (Å²) in [5, 5.41) is 22.8. The third kappa shape index (κ3) is 3.44. The van der Waals surface area contributed by atoms with E-state index in [-0.39, 0.29) is 6.04 Å². The molecule has 1 fully saturated rings. The summed E-state index contributed by atoms with van der Waals surface area (Å²) in [6, 6.07) is 0.0749. The summed E-state index contributed by atoms with van der Waals surface area (Å²) in [5.74, 6) is -1.03. The average molecular weight is 363 g/mol. The Morgan fingerprint density at radius 1 is 1.20 bits per heavy atom. The molecule has 0 unspecified atom stereocenters. The Hall–Kier alpha value is -2.59. The average Bonchev–Trinajstić information content (AvgIpc) is 3.05. The molecule has 1 saturated carbocycles. The Labute approximate surface area is 140 Å². The van der Waals surface area contributed by atoms with Gasteiger partial charge in [-0.05, 0) is 12.8 Å². The molecule has 11 heteroatoms. The number of alkyl halides is 3. The largest absolute Gasteiger partial charge is 0.490 e. The number of nitro benzene ring substituents is 2. The van der Waals surface area contributed by atoms with Gasteiger partial charge in [-0.3, -0.25) is 20.2 Å². The molecule has 25 heavy (non-hydrogen) atoms. The van der Waals surface area contributed by atoms with E-state index >= 15 is 0 Å². The minimum absolute atomic E-state index is 0.223. The minimum Gasteiger partial charge on any atom is -0.490 e. The van der Waals surface area contributed by atoms with Crippen LogP contribution in [0.4, 0.5) is 30.2 Å². The number of methoxy groups -OCH3 is 1. The lowest BCUT2D eigenvalue weighted by Gasteiger charge is -2.27. The highest BCUT2D eigenvalue weighted by atomic mass is 19.4. The highest BCUT2D eigenvalue weighted by Gasteiger charge is 2.45. The number of nitrogens with zero attached hydrogens (tertiary/aromatic N) is 3. The molecule has 8 nitrogen and oxygen atoms in total. The maximum absolute atomic E-state index is 13.2. The standard InChI is InChI=1S/C14H16F3N3O5/c1-18(8-5-3-4-6-8)11-10(19(21)22)7-9(14(15,16)17)13(25-2)12(11)20(23)24/h7-8H,3-6H2,1-2H3. The van der Waals surface area contributed by atoms with E-state index in [2.05, 4.69) is 4.74 Å². The molecule has 0 bridgehead atoms. The quantitative estimate of drug-likeness (QED) is 0.581. The molecule has 0 spiro atoms. The van der Waals surface area contributed by atoms with Gasteiger partial charge in [-0.1, -0.05) is 12.8 Å². The summed E-state index contributed by atoms with van der Waals surface area (Å²) < 4.78 is 44.3. The fraction of sp³-hybridized carbons (Fsp3) is 0.571. The molecule has 0 heterocycles. The topological polar surface area (TPSA) is 98.8 Å². The van der Waals surface area contributed by atoms with Crippen LogP contribution in [0.15, 0.2) is 6.07 Å². The number of ether oxygens (including phenoxy) is 1. The molecule has 1 aromatic rings. The number of nitro groups is 2. The van der Waals surface area contributed by atoms with Crippen molar-refractivity contribution in [1.82, 2.24) is 0 Å². The van der Waals surface area contributed by atoms with Gasteiger partial charge in [0.1, 0.15) is 5.56 Å². The number of hydrogen-bond donors (Lipinski definition) is 0. The van der Waals surface area contributed by atoms with Crippen LogP contribution in [0, 0.1) is 20.2 Å². The predicted octanol–water partition coefficient (Wildman–Crippen LogP) is 3.91. The van der Waals surface area contributed by atoms with E-state index in [0.717, 1.165) is 20.0 Å². The number of benzene rings is 1. The first-order chi connectivity index (χ1) is 11.6. The molecule has 0 radical (unpaired) electrons. The van der Waals surface area contributed by atoms with E-state index in [1.807, 2.05) is 0 Å². The van der Waals surface area contributed by atoms with Gasteiger partial charge >= 0.3 is 17.6 Å². The molecule has 0 aromatic heterocycles. The Kier molecular flexibility index (Phi) is 5.04. The van der Waals surface area contributed by atoms with Crippen LogP contribution in [-0.2, 0) is 6.18 Å². The third-order valence-corrected chi connectivity index (χ3v) is 4.32. The van der Waals surface area contributed by atoms with E-state index in [1.54, 1.807) is 0 Å². The van der Waals surface area contributed by atoms with Gasteiger partial charge in [0.15, 0.2) is 5.69 Å². The Morgan fingerprint density at radius 2 is 1.76 bits per heavy atom. The van der Waals surface area contributed by atoms with Crippen molar-refractivity contribution in [1.29, 1.82) is 0 Å². The predicted molar refractivity (Wildman–Crippen MR) is 82.0 cm³/mol. The van der Waals surface area contributed by atoms with Crippen molar-refractivity contribution in [2.75, 3.05) is 19.1 Å². The highest BCUT2D eigenvalue weighted by Crippen LogP contribution is 2.51. The second kappa shape index (κ2) is 6.73. The zero-order chi connectivity index (χ0) is 18.9. The molecular formula is C14H16F3N3O5. The second-order valence-electron chi connectivity index (χ2n) is 5.73. The second-order valence-corrected chi connectivity index (χ2v) is 5.73. The summed E-state index contributed by atoms with van der Waals surface area (Å²) in [4.78, 5) is 22.0. The van der Waals surface area contributed by atoms with Crippen LogP contribution in [0.25, 0.3) is 0 Å². The van der Waals surface area contributed by atoms with Gasteiger partial charge in [-0.15, -0.1) is 0 Å². The summed E-state index contributed by atoms with van der Waals surface area (Å²) in [7, 11) is 2.28. The fourth-order valence-electron chi connectivity index (χ4n) is 3.17.